The van der Waals surface area contributed by atoms with E-state index in [1.54, 1.807) is 19.1 Å². The summed E-state index contributed by atoms with van der Waals surface area (Å²) in [5, 5.41) is 10.4. The van der Waals surface area contributed by atoms with Crippen molar-refractivity contribution in [3.63, 3.8) is 0 Å². The lowest BCUT2D eigenvalue weighted by molar-refractivity contribution is 0.0822. The van der Waals surface area contributed by atoms with Crippen molar-refractivity contribution in [3.05, 3.63) is 58.0 Å². The number of amides is 2. The number of nitrogens with one attached hydrogen (secondary N) is 2. The van der Waals surface area contributed by atoms with E-state index in [9.17, 15) is 14.7 Å². The minimum Gasteiger partial charge on any atom is -0.455 e. The van der Waals surface area contributed by atoms with Crippen molar-refractivity contribution in [1.29, 1.82) is 0 Å². The molecule has 1 aromatic carbocycles. The Bertz CT molecular complexity index is 849. The van der Waals surface area contributed by atoms with Crippen molar-refractivity contribution in [1.82, 2.24) is 10.9 Å². The van der Waals surface area contributed by atoms with E-state index in [1.807, 2.05) is 19.1 Å². The first-order valence-electron chi connectivity index (χ1n) is 8.65. The molecule has 6 heteroatoms. The maximum absolute atomic E-state index is 12.4. The lowest BCUT2D eigenvalue weighted by Crippen LogP contribution is -2.41. The van der Waals surface area contributed by atoms with Crippen molar-refractivity contribution in [2.75, 3.05) is 0 Å². The van der Waals surface area contributed by atoms with Crippen LogP contribution in [0, 0.1) is 19.3 Å². The Labute approximate surface area is 152 Å². The van der Waals surface area contributed by atoms with Gasteiger partial charge in [-0.3, -0.25) is 20.4 Å². The van der Waals surface area contributed by atoms with Crippen molar-refractivity contribution < 1.29 is 19.1 Å². The SMILES string of the molecule is Cc1ccc(C(=O)NNC(=O)c2oc3c(c2C)C(O)CC(C)(C)C3)cc1. The summed E-state index contributed by atoms with van der Waals surface area (Å²) in [6, 6.07) is 7.02. The molecule has 2 aromatic rings. The number of benzene rings is 1. The highest BCUT2D eigenvalue weighted by atomic mass is 16.4. The van der Waals surface area contributed by atoms with Gasteiger partial charge in [0.05, 0.1) is 6.10 Å². The van der Waals surface area contributed by atoms with Crippen molar-refractivity contribution in [2.45, 2.75) is 46.6 Å². The van der Waals surface area contributed by atoms with Gasteiger partial charge in [-0.15, -0.1) is 0 Å². The Kier molecular flexibility index (Phi) is 4.63. The van der Waals surface area contributed by atoms with Crippen LogP contribution >= 0.6 is 0 Å². The molecule has 0 spiro atoms. The van der Waals surface area contributed by atoms with Crippen LogP contribution in [0.5, 0.6) is 0 Å². The summed E-state index contributed by atoms with van der Waals surface area (Å²) in [4.78, 5) is 24.6. The highest BCUT2D eigenvalue weighted by molar-refractivity contribution is 5.98. The number of fused-ring (bicyclic) bond motifs is 1. The Morgan fingerprint density at radius 3 is 2.38 bits per heavy atom. The predicted molar refractivity (Wildman–Crippen MR) is 96.6 cm³/mol. The minimum atomic E-state index is -0.652. The summed E-state index contributed by atoms with van der Waals surface area (Å²) in [7, 11) is 0. The Morgan fingerprint density at radius 2 is 1.73 bits per heavy atom. The van der Waals surface area contributed by atoms with Crippen LogP contribution in [0.2, 0.25) is 0 Å². The van der Waals surface area contributed by atoms with Crippen LogP contribution < -0.4 is 10.9 Å². The average Bonchev–Trinajstić information content (AvgIpc) is 2.88. The molecule has 1 aliphatic carbocycles. The summed E-state index contributed by atoms with van der Waals surface area (Å²) in [6.07, 6.45) is 0.621. The largest absolute Gasteiger partial charge is 0.455 e. The molecule has 138 valence electrons. The molecule has 0 radical (unpaired) electrons. The molecule has 1 atom stereocenters. The minimum absolute atomic E-state index is 0.0931. The molecule has 0 aliphatic heterocycles. The molecule has 1 unspecified atom stereocenters. The number of rotatable bonds is 2. The van der Waals surface area contributed by atoms with E-state index >= 15 is 0 Å². The zero-order valence-electron chi connectivity index (χ0n) is 15.5. The van der Waals surface area contributed by atoms with E-state index in [2.05, 4.69) is 24.7 Å². The zero-order valence-corrected chi connectivity index (χ0v) is 15.5. The molecule has 0 saturated carbocycles. The standard InChI is InChI=1S/C20H24N2O4/c1-11-5-7-13(8-6-11)18(24)21-22-19(25)17-12(2)16-14(23)9-20(3,4)10-15(16)26-17/h5-8,14,23H,9-10H2,1-4H3,(H,21,24)(H,22,25). The van der Waals surface area contributed by atoms with Gasteiger partial charge in [-0.2, -0.15) is 0 Å². The fourth-order valence-corrected chi connectivity index (χ4v) is 3.45. The molecular weight excluding hydrogens is 332 g/mol. The maximum Gasteiger partial charge on any atom is 0.305 e. The van der Waals surface area contributed by atoms with Crippen LogP contribution in [0.3, 0.4) is 0 Å². The summed E-state index contributed by atoms with van der Waals surface area (Å²) in [6.45, 7) is 7.79. The number of carbonyl (C=O) groups is 2. The van der Waals surface area contributed by atoms with E-state index in [4.69, 9.17) is 4.42 Å². The predicted octanol–water partition coefficient (Wildman–Crippen LogP) is 2.98. The van der Waals surface area contributed by atoms with Gasteiger partial charge in [-0.25, -0.2) is 0 Å². The average molecular weight is 356 g/mol. The van der Waals surface area contributed by atoms with Crippen molar-refractivity contribution in [3.8, 4) is 0 Å². The van der Waals surface area contributed by atoms with Gasteiger partial charge in [0, 0.05) is 23.1 Å². The van der Waals surface area contributed by atoms with Gasteiger partial charge in [-0.1, -0.05) is 31.5 Å². The molecule has 26 heavy (non-hydrogen) atoms. The van der Waals surface area contributed by atoms with E-state index in [-0.39, 0.29) is 11.2 Å². The fraction of sp³-hybridized carbons (Fsp3) is 0.400. The van der Waals surface area contributed by atoms with Crippen LogP contribution in [-0.2, 0) is 6.42 Å². The molecule has 1 aromatic heterocycles. The summed E-state index contributed by atoms with van der Waals surface area (Å²) < 4.78 is 5.74. The molecule has 6 nitrogen and oxygen atoms in total. The van der Waals surface area contributed by atoms with E-state index in [0.29, 0.717) is 35.3 Å². The second kappa shape index (κ2) is 6.61. The normalized spacial score (nSPS) is 18.1. The molecular formula is C20H24N2O4. The van der Waals surface area contributed by atoms with Gasteiger partial charge < -0.3 is 9.52 Å². The summed E-state index contributed by atoms with van der Waals surface area (Å²) in [5.41, 5.74) is 7.48. The number of hydrogen-bond acceptors (Lipinski definition) is 4. The molecule has 3 N–H and O–H groups in total. The van der Waals surface area contributed by atoms with Gasteiger partial charge in [0.25, 0.3) is 5.91 Å². The van der Waals surface area contributed by atoms with E-state index < -0.39 is 17.9 Å². The Morgan fingerprint density at radius 1 is 1.12 bits per heavy atom. The first kappa shape index (κ1) is 18.2. The molecule has 0 fully saturated rings. The third-order valence-corrected chi connectivity index (χ3v) is 4.80. The van der Waals surface area contributed by atoms with Crippen molar-refractivity contribution in [2.24, 2.45) is 5.41 Å². The lowest BCUT2D eigenvalue weighted by atomic mass is 9.75. The van der Waals surface area contributed by atoms with Gasteiger partial charge in [-0.05, 0) is 37.8 Å². The van der Waals surface area contributed by atoms with Crippen LogP contribution in [0.4, 0.5) is 0 Å². The highest BCUT2D eigenvalue weighted by Gasteiger charge is 2.37. The number of aliphatic hydroxyl groups excluding tert-OH is 1. The second-order valence-electron chi connectivity index (χ2n) is 7.73. The Balaban J connectivity index is 1.73. The zero-order chi connectivity index (χ0) is 19.1. The van der Waals surface area contributed by atoms with Crippen LogP contribution in [0.15, 0.2) is 28.7 Å². The fourth-order valence-electron chi connectivity index (χ4n) is 3.45. The molecule has 0 bridgehead atoms. The Hall–Kier alpha value is -2.60. The van der Waals surface area contributed by atoms with Crippen LogP contribution in [0.25, 0.3) is 0 Å². The molecule has 0 saturated heterocycles. The number of carbonyl (C=O) groups excluding carboxylic acids is 2. The first-order valence-corrected chi connectivity index (χ1v) is 8.65. The van der Waals surface area contributed by atoms with E-state index in [0.717, 1.165) is 5.56 Å². The number of aliphatic hydroxyl groups is 1. The monoisotopic (exact) mass is 356 g/mol. The van der Waals surface area contributed by atoms with E-state index in [1.165, 1.54) is 0 Å². The number of hydrogen-bond donors (Lipinski definition) is 3. The van der Waals surface area contributed by atoms with Gasteiger partial charge in [0.2, 0.25) is 0 Å². The lowest BCUT2D eigenvalue weighted by Gasteiger charge is -2.31. The second-order valence-corrected chi connectivity index (χ2v) is 7.73. The smallest absolute Gasteiger partial charge is 0.305 e. The van der Waals surface area contributed by atoms with Gasteiger partial charge >= 0.3 is 5.91 Å². The molecule has 1 aliphatic rings. The van der Waals surface area contributed by atoms with Crippen molar-refractivity contribution >= 4 is 11.8 Å². The number of hydrazine groups is 1. The van der Waals surface area contributed by atoms with Crippen LogP contribution in [-0.4, -0.2) is 16.9 Å². The summed E-state index contributed by atoms with van der Waals surface area (Å²) in [5.74, 6) is -0.187. The number of aryl methyl sites for hydroxylation is 1. The third-order valence-electron chi connectivity index (χ3n) is 4.80. The number of furan rings is 1. The van der Waals surface area contributed by atoms with Gasteiger partial charge in [0.1, 0.15) is 5.76 Å². The quantitative estimate of drug-likeness (QED) is 0.722. The molecule has 3 rings (SSSR count). The first-order chi connectivity index (χ1) is 12.2. The molecule has 2 amide bonds. The van der Waals surface area contributed by atoms with Gasteiger partial charge in [0.15, 0.2) is 5.76 Å². The topological polar surface area (TPSA) is 91.6 Å². The third kappa shape index (κ3) is 3.51. The molecule has 1 heterocycles. The summed E-state index contributed by atoms with van der Waals surface area (Å²) >= 11 is 0. The maximum atomic E-state index is 12.4. The van der Waals surface area contributed by atoms with Crippen LogP contribution in [0.1, 0.15) is 69.7 Å². The highest BCUT2D eigenvalue weighted by Crippen LogP contribution is 2.43.